The van der Waals surface area contributed by atoms with Crippen LogP contribution in [0.15, 0.2) is 48.5 Å². The molecular formula is C27H33N3O8. The van der Waals surface area contributed by atoms with Crippen LogP contribution in [0.2, 0.25) is 0 Å². The van der Waals surface area contributed by atoms with Crippen LogP contribution in [0.25, 0.3) is 11.1 Å². The van der Waals surface area contributed by atoms with Crippen molar-refractivity contribution >= 4 is 24.1 Å². The van der Waals surface area contributed by atoms with Crippen molar-refractivity contribution in [1.82, 2.24) is 16.1 Å². The minimum absolute atomic E-state index is 0.0275. The summed E-state index contributed by atoms with van der Waals surface area (Å²) in [5.41, 5.74) is 5.65. The molecule has 3 rings (SSSR count). The third kappa shape index (κ3) is 8.48. The number of hydrogen-bond acceptors (Lipinski definition) is 7. The van der Waals surface area contributed by atoms with E-state index in [4.69, 9.17) is 14.3 Å². The minimum Gasteiger partial charge on any atom is -0.481 e. The molecule has 1 atom stereocenters. The summed E-state index contributed by atoms with van der Waals surface area (Å²) in [6.07, 6.45) is -1.82. The second-order valence-electron chi connectivity index (χ2n) is 9.87. The van der Waals surface area contributed by atoms with E-state index in [9.17, 15) is 24.3 Å². The second kappa shape index (κ2) is 12.9. The molecule has 1 aliphatic rings. The average Bonchev–Trinajstić information content (AvgIpc) is 3.16. The van der Waals surface area contributed by atoms with E-state index in [0.29, 0.717) is 0 Å². The fourth-order valence-corrected chi connectivity index (χ4v) is 4.11. The fraction of sp³-hybridized carbons (Fsp3) is 0.407. The molecule has 2 aromatic carbocycles. The first-order valence-corrected chi connectivity index (χ1v) is 12.2. The van der Waals surface area contributed by atoms with Gasteiger partial charge in [0.15, 0.2) is 6.61 Å². The number of hydroxylamine groups is 1. The summed E-state index contributed by atoms with van der Waals surface area (Å²) in [4.78, 5) is 52.0. The maximum absolute atomic E-state index is 12.4. The zero-order valence-electron chi connectivity index (χ0n) is 21.6. The summed E-state index contributed by atoms with van der Waals surface area (Å²) in [5, 5.41) is 14.3. The van der Waals surface area contributed by atoms with Crippen LogP contribution in [-0.2, 0) is 23.9 Å². The van der Waals surface area contributed by atoms with Crippen molar-refractivity contribution in [3.63, 3.8) is 0 Å². The lowest BCUT2D eigenvalue weighted by Crippen LogP contribution is -2.40. The molecule has 38 heavy (non-hydrogen) atoms. The van der Waals surface area contributed by atoms with Crippen molar-refractivity contribution in [3.05, 3.63) is 59.7 Å². The summed E-state index contributed by atoms with van der Waals surface area (Å²) in [6.45, 7) is 4.60. The van der Waals surface area contributed by atoms with Crippen LogP contribution >= 0.6 is 0 Å². The molecule has 4 N–H and O–H groups in total. The van der Waals surface area contributed by atoms with Gasteiger partial charge in [0.2, 0.25) is 5.91 Å². The van der Waals surface area contributed by atoms with E-state index in [1.54, 1.807) is 20.8 Å². The van der Waals surface area contributed by atoms with Gasteiger partial charge in [-0.3, -0.25) is 14.4 Å². The van der Waals surface area contributed by atoms with E-state index in [1.165, 1.54) is 0 Å². The molecule has 204 valence electrons. The second-order valence-corrected chi connectivity index (χ2v) is 9.87. The fourth-order valence-electron chi connectivity index (χ4n) is 4.11. The lowest BCUT2D eigenvalue weighted by Gasteiger charge is -2.19. The van der Waals surface area contributed by atoms with Gasteiger partial charge < -0.3 is 25.2 Å². The molecule has 3 amide bonds. The molecule has 1 unspecified atom stereocenters. The lowest BCUT2D eigenvalue weighted by molar-refractivity contribution is -0.138. The average molecular weight is 528 g/mol. The Morgan fingerprint density at radius 1 is 0.895 bits per heavy atom. The number of carbonyl (C=O) groups excluding carboxylic acids is 3. The lowest BCUT2D eigenvalue weighted by atomic mass is 9.98. The Kier molecular flexibility index (Phi) is 9.66. The van der Waals surface area contributed by atoms with Gasteiger partial charge in [-0.05, 0) is 43.0 Å². The molecule has 0 radical (unpaired) electrons. The normalized spacial score (nSPS) is 13.0. The van der Waals surface area contributed by atoms with E-state index < -0.39 is 42.2 Å². The van der Waals surface area contributed by atoms with E-state index in [0.717, 1.165) is 22.3 Å². The Morgan fingerprint density at radius 3 is 2.05 bits per heavy atom. The zero-order valence-corrected chi connectivity index (χ0v) is 21.6. The first-order valence-electron chi connectivity index (χ1n) is 12.2. The van der Waals surface area contributed by atoms with Gasteiger partial charge in [0.05, 0.1) is 6.42 Å². The van der Waals surface area contributed by atoms with E-state index in [-0.39, 0.29) is 32.0 Å². The Bertz CT molecular complexity index is 1120. The number of carbonyl (C=O) groups is 4. The number of fused-ring (bicyclic) bond motifs is 3. The predicted octanol–water partition coefficient (Wildman–Crippen LogP) is 3.19. The Balaban J connectivity index is 1.43. The van der Waals surface area contributed by atoms with Gasteiger partial charge in [0, 0.05) is 24.9 Å². The number of alkyl carbamates (subject to hydrolysis) is 1. The van der Waals surface area contributed by atoms with Crippen LogP contribution in [0, 0.1) is 5.92 Å². The summed E-state index contributed by atoms with van der Waals surface area (Å²) < 4.78 is 10.5. The molecule has 0 bridgehead atoms. The molecule has 0 spiro atoms. The molecule has 0 heterocycles. The first-order chi connectivity index (χ1) is 18.0. The summed E-state index contributed by atoms with van der Waals surface area (Å²) in [6, 6.07) is 15.9. The van der Waals surface area contributed by atoms with Crippen LogP contribution in [0.5, 0.6) is 0 Å². The van der Waals surface area contributed by atoms with Gasteiger partial charge in [-0.1, -0.05) is 48.5 Å². The van der Waals surface area contributed by atoms with Gasteiger partial charge in [0.1, 0.15) is 12.2 Å². The highest BCUT2D eigenvalue weighted by atomic mass is 16.7. The summed E-state index contributed by atoms with van der Waals surface area (Å²) in [7, 11) is 0. The quantitative estimate of drug-likeness (QED) is 0.325. The highest BCUT2D eigenvalue weighted by Crippen LogP contribution is 2.44. The molecule has 11 nitrogen and oxygen atoms in total. The minimum atomic E-state index is -1.08. The summed E-state index contributed by atoms with van der Waals surface area (Å²) >= 11 is 0. The number of ether oxygens (including phenoxy) is 2. The van der Waals surface area contributed by atoms with E-state index in [2.05, 4.69) is 10.6 Å². The maximum Gasteiger partial charge on any atom is 0.431 e. The number of benzene rings is 2. The molecule has 0 saturated carbocycles. The third-order valence-electron chi connectivity index (χ3n) is 5.69. The Hall–Kier alpha value is -4.12. The Labute approximate surface area is 220 Å². The van der Waals surface area contributed by atoms with Crippen molar-refractivity contribution in [2.24, 2.45) is 5.92 Å². The highest BCUT2D eigenvalue weighted by molar-refractivity contribution is 5.79. The van der Waals surface area contributed by atoms with Gasteiger partial charge in [-0.25, -0.2) is 9.59 Å². The van der Waals surface area contributed by atoms with Crippen LogP contribution in [0.1, 0.15) is 44.2 Å². The number of hydrogen-bond donors (Lipinski definition) is 4. The smallest absolute Gasteiger partial charge is 0.431 e. The maximum atomic E-state index is 12.4. The number of carboxylic acid groups (broad SMARTS) is 1. The Morgan fingerprint density at radius 2 is 1.47 bits per heavy atom. The highest BCUT2D eigenvalue weighted by Gasteiger charge is 2.29. The predicted molar refractivity (Wildman–Crippen MR) is 137 cm³/mol. The standard InChI is InChI=1S/C27H33N3O8/c1-27(2,3)38-26(35)30-37-16-23(31)28-13-17(12-24(32)33)14-29-25(34)36-15-22-20-10-6-4-8-18(20)19-9-5-7-11-21(19)22/h4-11,17,22H,12-16H2,1-3H3,(H,28,31)(H,29,34)(H,30,35)(H,32,33). The monoisotopic (exact) mass is 527 g/mol. The SMILES string of the molecule is CC(C)(C)OC(=O)NOCC(=O)NCC(CNC(=O)OCC1c2ccccc2-c2ccccc21)CC(=O)O. The zero-order chi connectivity index (χ0) is 27.7. The molecule has 0 aliphatic heterocycles. The first kappa shape index (κ1) is 28.5. The molecule has 0 aromatic heterocycles. The molecule has 0 fully saturated rings. The van der Waals surface area contributed by atoms with Gasteiger partial charge in [0.25, 0.3) is 0 Å². The summed E-state index contributed by atoms with van der Waals surface area (Å²) in [5.74, 6) is -2.37. The molecule has 11 heteroatoms. The number of amides is 3. The van der Waals surface area contributed by atoms with Crippen LogP contribution < -0.4 is 16.1 Å². The van der Waals surface area contributed by atoms with Gasteiger partial charge in [-0.15, -0.1) is 0 Å². The van der Waals surface area contributed by atoms with Crippen molar-refractivity contribution in [1.29, 1.82) is 0 Å². The topological polar surface area (TPSA) is 152 Å². The van der Waals surface area contributed by atoms with Crippen molar-refractivity contribution < 1.29 is 38.6 Å². The van der Waals surface area contributed by atoms with Crippen molar-refractivity contribution in [2.75, 3.05) is 26.3 Å². The number of carboxylic acids is 1. The third-order valence-corrected chi connectivity index (χ3v) is 5.69. The largest absolute Gasteiger partial charge is 0.481 e. The van der Waals surface area contributed by atoms with E-state index in [1.807, 2.05) is 54.0 Å². The number of rotatable bonds is 11. The molecular weight excluding hydrogens is 494 g/mol. The van der Waals surface area contributed by atoms with Crippen molar-refractivity contribution in [3.8, 4) is 11.1 Å². The van der Waals surface area contributed by atoms with Crippen LogP contribution in [-0.4, -0.2) is 61.1 Å². The molecule has 0 saturated heterocycles. The number of nitrogens with one attached hydrogen (secondary N) is 3. The molecule has 2 aromatic rings. The van der Waals surface area contributed by atoms with E-state index >= 15 is 0 Å². The number of aliphatic carboxylic acids is 1. The van der Waals surface area contributed by atoms with Crippen molar-refractivity contribution in [2.45, 2.75) is 38.7 Å². The van der Waals surface area contributed by atoms with Gasteiger partial charge >= 0.3 is 18.2 Å². The molecule has 1 aliphatic carbocycles. The van der Waals surface area contributed by atoms with Crippen LogP contribution in [0.3, 0.4) is 0 Å². The van der Waals surface area contributed by atoms with Crippen LogP contribution in [0.4, 0.5) is 9.59 Å². The van der Waals surface area contributed by atoms with Gasteiger partial charge in [-0.2, -0.15) is 5.48 Å².